The Labute approximate surface area is 175 Å². The lowest BCUT2D eigenvalue weighted by molar-refractivity contribution is -0.139. The van der Waals surface area contributed by atoms with Gasteiger partial charge in [-0.2, -0.15) is 5.10 Å². The molecule has 0 heterocycles. The highest BCUT2D eigenvalue weighted by Crippen LogP contribution is 2.29. The molecule has 0 atom stereocenters. The molecule has 0 aromatic heterocycles. The van der Waals surface area contributed by atoms with Gasteiger partial charge in [0.15, 0.2) is 11.5 Å². The number of nitrogens with zero attached hydrogens (tertiary/aromatic N) is 1. The van der Waals surface area contributed by atoms with Gasteiger partial charge in [0.2, 0.25) is 0 Å². The maximum Gasteiger partial charge on any atom is 0.329 e. The molecule has 0 spiro atoms. The third-order valence-electron chi connectivity index (χ3n) is 3.56. The first-order chi connectivity index (χ1) is 13.9. The summed E-state index contributed by atoms with van der Waals surface area (Å²) in [6.07, 6.45) is 1.42. The summed E-state index contributed by atoms with van der Waals surface area (Å²) < 4.78 is 11.5. The number of hydrazone groups is 1. The Bertz CT molecular complexity index is 884. The van der Waals surface area contributed by atoms with E-state index in [0.717, 1.165) is 5.56 Å². The maximum absolute atomic E-state index is 11.6. The van der Waals surface area contributed by atoms with Crippen LogP contribution in [-0.4, -0.2) is 30.7 Å². The predicted molar refractivity (Wildman–Crippen MR) is 112 cm³/mol. The zero-order valence-electron chi connectivity index (χ0n) is 16.6. The van der Waals surface area contributed by atoms with Crippen molar-refractivity contribution in [1.82, 2.24) is 10.7 Å². The first-order valence-electron chi connectivity index (χ1n) is 9.17. The molecule has 0 aliphatic carbocycles. The molecule has 0 unspecified atom stereocenters. The first-order valence-corrected chi connectivity index (χ1v) is 9.54. The Morgan fingerprint density at radius 3 is 2.59 bits per heavy atom. The molecule has 8 heteroatoms. The summed E-state index contributed by atoms with van der Waals surface area (Å²) in [4.78, 5) is 23.2. The van der Waals surface area contributed by atoms with Gasteiger partial charge in [-0.25, -0.2) is 5.43 Å². The van der Waals surface area contributed by atoms with Crippen molar-refractivity contribution >= 4 is 29.6 Å². The zero-order chi connectivity index (χ0) is 21.2. The van der Waals surface area contributed by atoms with Crippen molar-refractivity contribution in [1.29, 1.82) is 0 Å². The molecule has 0 saturated carbocycles. The van der Waals surface area contributed by atoms with Crippen LogP contribution >= 0.6 is 11.6 Å². The molecule has 0 aliphatic heterocycles. The van der Waals surface area contributed by atoms with Crippen LogP contribution in [0.25, 0.3) is 0 Å². The van der Waals surface area contributed by atoms with E-state index in [2.05, 4.69) is 15.8 Å². The molecule has 7 nitrogen and oxygen atoms in total. The van der Waals surface area contributed by atoms with Gasteiger partial charge in [0.05, 0.1) is 12.8 Å². The number of halogens is 1. The predicted octanol–water partition coefficient (Wildman–Crippen LogP) is 3.29. The van der Waals surface area contributed by atoms with Gasteiger partial charge in [-0.3, -0.25) is 9.59 Å². The summed E-state index contributed by atoms with van der Waals surface area (Å²) in [6.45, 7) is 6.20. The van der Waals surface area contributed by atoms with Crippen LogP contribution in [0, 0.1) is 0 Å². The van der Waals surface area contributed by atoms with Crippen LogP contribution in [0.4, 0.5) is 0 Å². The van der Waals surface area contributed by atoms with Crippen molar-refractivity contribution in [2.75, 3.05) is 6.61 Å². The normalized spacial score (nSPS) is 10.8. The minimum atomic E-state index is -0.832. The number of nitrogens with one attached hydrogen (secondary N) is 2. The van der Waals surface area contributed by atoms with Crippen molar-refractivity contribution in [3.63, 3.8) is 0 Å². The van der Waals surface area contributed by atoms with Gasteiger partial charge in [-0.05, 0) is 62.2 Å². The van der Waals surface area contributed by atoms with Crippen LogP contribution in [0.2, 0.25) is 5.02 Å². The average molecular weight is 418 g/mol. The number of ether oxygens (including phenoxy) is 2. The highest BCUT2D eigenvalue weighted by atomic mass is 35.5. The monoisotopic (exact) mass is 417 g/mol. The Morgan fingerprint density at radius 1 is 1.10 bits per heavy atom. The smallest absolute Gasteiger partial charge is 0.329 e. The number of amides is 2. The fourth-order valence-corrected chi connectivity index (χ4v) is 2.54. The zero-order valence-corrected chi connectivity index (χ0v) is 17.3. The maximum atomic E-state index is 11.6. The summed E-state index contributed by atoms with van der Waals surface area (Å²) in [5, 5.41) is 6.94. The molecule has 2 rings (SSSR count). The lowest BCUT2D eigenvalue weighted by Crippen LogP contribution is -2.41. The molecular formula is C21H24ClN3O4. The van der Waals surface area contributed by atoms with E-state index in [0.29, 0.717) is 35.3 Å². The van der Waals surface area contributed by atoms with Crippen LogP contribution in [0.5, 0.6) is 11.5 Å². The lowest BCUT2D eigenvalue weighted by atomic mass is 10.2. The van der Waals surface area contributed by atoms with Crippen LogP contribution in [0.3, 0.4) is 0 Å². The quantitative estimate of drug-likeness (QED) is 0.392. The van der Waals surface area contributed by atoms with Gasteiger partial charge >= 0.3 is 11.8 Å². The van der Waals surface area contributed by atoms with Crippen LogP contribution in [0.15, 0.2) is 47.6 Å². The highest BCUT2D eigenvalue weighted by molar-refractivity contribution is 6.35. The molecule has 0 bridgehead atoms. The van der Waals surface area contributed by atoms with Crippen molar-refractivity contribution < 1.29 is 19.1 Å². The third-order valence-corrected chi connectivity index (χ3v) is 3.79. The van der Waals surface area contributed by atoms with E-state index < -0.39 is 11.8 Å². The molecule has 2 N–H and O–H groups in total. The second kappa shape index (κ2) is 11.1. The van der Waals surface area contributed by atoms with Crippen molar-refractivity contribution in [2.24, 2.45) is 5.10 Å². The van der Waals surface area contributed by atoms with Crippen molar-refractivity contribution in [3.8, 4) is 11.5 Å². The molecule has 154 valence electrons. The van der Waals surface area contributed by atoms with E-state index in [4.69, 9.17) is 21.1 Å². The Balaban J connectivity index is 2.02. The van der Waals surface area contributed by atoms with E-state index in [-0.39, 0.29) is 6.04 Å². The molecule has 2 aromatic rings. The topological polar surface area (TPSA) is 89.0 Å². The van der Waals surface area contributed by atoms with Crippen LogP contribution in [0.1, 0.15) is 31.9 Å². The minimum absolute atomic E-state index is 0.134. The summed E-state index contributed by atoms with van der Waals surface area (Å²) in [5.41, 5.74) is 3.80. The second-order valence-electron chi connectivity index (χ2n) is 6.39. The lowest BCUT2D eigenvalue weighted by Gasteiger charge is -2.13. The highest BCUT2D eigenvalue weighted by Gasteiger charge is 2.13. The summed E-state index contributed by atoms with van der Waals surface area (Å²) in [7, 11) is 0. The molecular weight excluding hydrogens is 394 g/mol. The third kappa shape index (κ3) is 7.46. The average Bonchev–Trinajstić information content (AvgIpc) is 2.67. The Morgan fingerprint density at radius 2 is 1.90 bits per heavy atom. The van der Waals surface area contributed by atoms with E-state index in [1.807, 2.05) is 25.1 Å². The number of hydrogen-bond donors (Lipinski definition) is 2. The van der Waals surface area contributed by atoms with Crippen LogP contribution < -0.4 is 20.2 Å². The standard InChI is InChI=1S/C21H24ClN3O4/c1-4-28-19-11-15(12-23-25-21(27)20(26)24-14(2)3)8-9-18(19)29-13-16-6-5-7-17(22)10-16/h5-12,14H,4,13H2,1-3H3,(H,24,26)(H,25,27)/b23-12-. The Hall–Kier alpha value is -3.06. The van der Waals surface area contributed by atoms with E-state index in [1.165, 1.54) is 6.21 Å². The summed E-state index contributed by atoms with van der Waals surface area (Å²) in [6, 6.07) is 12.5. The fraction of sp³-hybridized carbons (Fsp3) is 0.286. The van der Waals surface area contributed by atoms with E-state index in [1.54, 1.807) is 38.1 Å². The van der Waals surface area contributed by atoms with E-state index in [9.17, 15) is 9.59 Å². The molecule has 0 radical (unpaired) electrons. The van der Waals surface area contributed by atoms with Gasteiger partial charge in [0, 0.05) is 11.1 Å². The number of benzene rings is 2. The molecule has 2 aromatic carbocycles. The first kappa shape index (κ1) is 22.2. The number of hydrogen-bond acceptors (Lipinski definition) is 5. The molecule has 29 heavy (non-hydrogen) atoms. The number of carbonyl (C=O) groups excluding carboxylic acids is 2. The molecule has 0 fully saturated rings. The van der Waals surface area contributed by atoms with Gasteiger partial charge in [-0.15, -0.1) is 0 Å². The number of rotatable bonds is 8. The molecule has 0 saturated heterocycles. The SMILES string of the molecule is CCOc1cc(/C=N\NC(=O)C(=O)NC(C)C)ccc1OCc1cccc(Cl)c1. The van der Waals surface area contributed by atoms with Crippen molar-refractivity contribution in [3.05, 3.63) is 58.6 Å². The van der Waals surface area contributed by atoms with Gasteiger partial charge in [-0.1, -0.05) is 23.7 Å². The number of carbonyl (C=O) groups is 2. The van der Waals surface area contributed by atoms with Crippen molar-refractivity contribution in [2.45, 2.75) is 33.4 Å². The van der Waals surface area contributed by atoms with Gasteiger partial charge < -0.3 is 14.8 Å². The molecule has 2 amide bonds. The van der Waals surface area contributed by atoms with Gasteiger partial charge in [0.25, 0.3) is 0 Å². The molecule has 0 aliphatic rings. The Kier molecular flexibility index (Phi) is 8.48. The van der Waals surface area contributed by atoms with Gasteiger partial charge in [0.1, 0.15) is 6.61 Å². The fourth-order valence-electron chi connectivity index (χ4n) is 2.32. The summed E-state index contributed by atoms with van der Waals surface area (Å²) >= 11 is 5.99. The summed E-state index contributed by atoms with van der Waals surface area (Å²) in [5.74, 6) is -0.454. The minimum Gasteiger partial charge on any atom is -0.490 e. The van der Waals surface area contributed by atoms with Crippen LogP contribution in [-0.2, 0) is 16.2 Å². The second-order valence-corrected chi connectivity index (χ2v) is 6.82. The largest absolute Gasteiger partial charge is 0.490 e. The van der Waals surface area contributed by atoms with E-state index >= 15 is 0 Å².